The molecule has 1 N–H and O–H groups in total. The molecular weight excluding hydrogens is 246 g/mol. The Morgan fingerprint density at radius 2 is 2.18 bits per heavy atom. The maximum Gasteiger partial charge on any atom is 0.407 e. The molecule has 0 unspecified atom stereocenters. The predicted octanol–water partition coefficient (Wildman–Crippen LogP) is 1.68. The van der Waals surface area contributed by atoms with Crippen molar-refractivity contribution in [3.8, 4) is 0 Å². The fraction of sp³-hybridized carbons (Fsp3) is 0.273. The van der Waals surface area contributed by atoms with Gasteiger partial charge in [0.15, 0.2) is 0 Å². The Hall–Kier alpha value is -1.75. The van der Waals surface area contributed by atoms with E-state index < -0.39 is 12.1 Å². The minimum atomic E-state index is -0.468. The predicted molar refractivity (Wildman–Crippen MR) is 62.3 cm³/mol. The van der Waals surface area contributed by atoms with Gasteiger partial charge in [0.1, 0.15) is 6.61 Å². The summed E-state index contributed by atoms with van der Waals surface area (Å²) < 4.78 is 9.46. The second-order valence-corrected chi connectivity index (χ2v) is 3.37. The number of hydrogen-bond acceptors (Lipinski definition) is 4. The van der Waals surface area contributed by atoms with Crippen molar-refractivity contribution in [3.05, 3.63) is 35.4 Å². The molecule has 1 fully saturated rings. The SMILES string of the molecule is COC(=O)c1ccccc1[C@H]1COC(=O)N1.Cl. The van der Waals surface area contributed by atoms with E-state index >= 15 is 0 Å². The highest BCUT2D eigenvalue weighted by Gasteiger charge is 2.27. The van der Waals surface area contributed by atoms with E-state index in [0.29, 0.717) is 11.1 Å². The van der Waals surface area contributed by atoms with E-state index in [4.69, 9.17) is 4.74 Å². The number of rotatable bonds is 2. The Morgan fingerprint density at radius 3 is 2.76 bits per heavy atom. The van der Waals surface area contributed by atoms with E-state index in [1.54, 1.807) is 24.3 Å². The summed E-state index contributed by atoms with van der Waals surface area (Å²) in [6, 6.07) is 6.68. The molecule has 1 heterocycles. The smallest absolute Gasteiger partial charge is 0.407 e. The van der Waals surface area contributed by atoms with Crippen molar-refractivity contribution in [2.75, 3.05) is 13.7 Å². The molecule has 1 aromatic carbocycles. The number of halogens is 1. The molecule has 0 saturated carbocycles. The van der Waals surface area contributed by atoms with Gasteiger partial charge in [-0.05, 0) is 11.6 Å². The van der Waals surface area contributed by atoms with E-state index in [1.165, 1.54) is 7.11 Å². The van der Waals surface area contributed by atoms with Crippen LogP contribution in [0, 0.1) is 0 Å². The fourth-order valence-corrected chi connectivity index (χ4v) is 1.65. The molecule has 1 aliphatic rings. The molecule has 6 heteroatoms. The maximum absolute atomic E-state index is 11.5. The molecule has 0 aromatic heterocycles. The summed E-state index contributed by atoms with van der Waals surface area (Å²) in [6.07, 6.45) is -0.468. The van der Waals surface area contributed by atoms with Gasteiger partial charge in [-0.1, -0.05) is 18.2 Å². The summed E-state index contributed by atoms with van der Waals surface area (Å²) in [5.74, 6) is -0.420. The minimum Gasteiger partial charge on any atom is -0.465 e. The Kier molecular flexibility index (Phi) is 4.34. The van der Waals surface area contributed by atoms with Gasteiger partial charge in [0, 0.05) is 0 Å². The summed E-state index contributed by atoms with van der Waals surface area (Å²) in [4.78, 5) is 22.4. The lowest BCUT2D eigenvalue weighted by Gasteiger charge is -2.11. The average molecular weight is 258 g/mol. The van der Waals surface area contributed by atoms with Crippen molar-refractivity contribution in [2.24, 2.45) is 0 Å². The van der Waals surface area contributed by atoms with Crippen LogP contribution >= 0.6 is 12.4 Å². The minimum absolute atomic E-state index is 0. The zero-order valence-electron chi connectivity index (χ0n) is 9.14. The quantitative estimate of drug-likeness (QED) is 0.819. The van der Waals surface area contributed by atoms with Gasteiger partial charge in [0.05, 0.1) is 18.7 Å². The molecule has 0 spiro atoms. The number of nitrogens with one attached hydrogen (secondary N) is 1. The largest absolute Gasteiger partial charge is 0.465 e. The summed E-state index contributed by atoms with van der Waals surface area (Å²) in [5.41, 5.74) is 1.15. The number of esters is 1. The number of carbonyl (C=O) groups is 2. The van der Waals surface area contributed by atoms with Gasteiger partial charge in [-0.15, -0.1) is 12.4 Å². The van der Waals surface area contributed by atoms with Gasteiger partial charge in [-0.2, -0.15) is 0 Å². The monoisotopic (exact) mass is 257 g/mol. The third kappa shape index (κ3) is 2.68. The fourth-order valence-electron chi connectivity index (χ4n) is 1.65. The third-order valence-corrected chi connectivity index (χ3v) is 2.41. The molecule has 0 bridgehead atoms. The number of benzene rings is 1. The summed E-state index contributed by atoms with van der Waals surface area (Å²) >= 11 is 0. The van der Waals surface area contributed by atoms with Crippen LogP contribution in [-0.2, 0) is 9.47 Å². The Labute approximate surface area is 105 Å². The van der Waals surface area contributed by atoms with Crippen molar-refractivity contribution in [3.63, 3.8) is 0 Å². The van der Waals surface area contributed by atoms with E-state index in [1.807, 2.05) is 0 Å². The molecule has 5 nitrogen and oxygen atoms in total. The van der Waals surface area contributed by atoms with E-state index in [2.05, 4.69) is 10.1 Å². The highest BCUT2D eigenvalue weighted by atomic mass is 35.5. The van der Waals surface area contributed by atoms with Gasteiger partial charge in [0.25, 0.3) is 0 Å². The number of hydrogen-bond donors (Lipinski definition) is 1. The molecule has 92 valence electrons. The van der Waals surface area contributed by atoms with Crippen molar-refractivity contribution in [1.82, 2.24) is 5.32 Å². The molecule has 17 heavy (non-hydrogen) atoms. The van der Waals surface area contributed by atoms with Gasteiger partial charge < -0.3 is 14.8 Å². The molecule has 1 saturated heterocycles. The Balaban J connectivity index is 0.00000144. The lowest BCUT2D eigenvalue weighted by molar-refractivity contribution is 0.0598. The van der Waals surface area contributed by atoms with Crippen LogP contribution in [0.1, 0.15) is 22.0 Å². The van der Waals surface area contributed by atoms with Crippen LogP contribution in [0.5, 0.6) is 0 Å². The summed E-state index contributed by atoms with van der Waals surface area (Å²) in [7, 11) is 1.32. The van der Waals surface area contributed by atoms with Crippen molar-refractivity contribution in [2.45, 2.75) is 6.04 Å². The molecule has 2 rings (SSSR count). The maximum atomic E-state index is 11.5. The normalized spacial score (nSPS) is 17.7. The first-order valence-electron chi connectivity index (χ1n) is 4.83. The van der Waals surface area contributed by atoms with E-state index in [0.717, 1.165) is 0 Å². The number of amides is 1. The van der Waals surface area contributed by atoms with E-state index in [-0.39, 0.29) is 25.1 Å². The number of methoxy groups -OCH3 is 1. The molecule has 1 aliphatic heterocycles. The van der Waals surface area contributed by atoms with Crippen molar-refractivity contribution < 1.29 is 19.1 Å². The molecule has 0 aliphatic carbocycles. The lowest BCUT2D eigenvalue weighted by atomic mass is 10.0. The van der Waals surface area contributed by atoms with Crippen LogP contribution in [0.25, 0.3) is 0 Å². The second kappa shape index (κ2) is 5.54. The van der Waals surface area contributed by atoms with Gasteiger partial charge in [-0.3, -0.25) is 0 Å². The first-order valence-corrected chi connectivity index (χ1v) is 4.83. The average Bonchev–Trinajstić information content (AvgIpc) is 2.75. The molecular formula is C11H12ClNO4. The highest BCUT2D eigenvalue weighted by Crippen LogP contribution is 2.22. The second-order valence-electron chi connectivity index (χ2n) is 3.37. The first kappa shape index (κ1) is 13.3. The standard InChI is InChI=1S/C11H11NO4.ClH/c1-15-10(13)8-5-3-2-4-7(8)9-6-16-11(14)12-9;/h2-5,9H,6H2,1H3,(H,12,14);1H/t9-;/m1./s1. The number of ether oxygens (including phenoxy) is 2. The van der Waals surface area contributed by atoms with Gasteiger partial charge in [0.2, 0.25) is 0 Å². The zero-order valence-corrected chi connectivity index (χ0v) is 9.95. The van der Waals surface area contributed by atoms with Crippen LogP contribution in [0.3, 0.4) is 0 Å². The molecule has 1 atom stereocenters. The molecule has 0 radical (unpaired) electrons. The summed E-state index contributed by atoms with van der Waals surface area (Å²) in [5, 5.41) is 2.62. The van der Waals surface area contributed by atoms with Crippen molar-refractivity contribution in [1.29, 1.82) is 0 Å². The van der Waals surface area contributed by atoms with Crippen LogP contribution in [0.4, 0.5) is 4.79 Å². The Bertz CT molecular complexity index is 435. The van der Waals surface area contributed by atoms with Crippen LogP contribution < -0.4 is 5.32 Å². The van der Waals surface area contributed by atoms with Crippen LogP contribution in [0.2, 0.25) is 0 Å². The van der Waals surface area contributed by atoms with E-state index in [9.17, 15) is 9.59 Å². The zero-order chi connectivity index (χ0) is 11.5. The van der Waals surface area contributed by atoms with Crippen LogP contribution in [0.15, 0.2) is 24.3 Å². The number of carbonyl (C=O) groups excluding carboxylic acids is 2. The van der Waals surface area contributed by atoms with Crippen molar-refractivity contribution >= 4 is 24.5 Å². The number of alkyl carbamates (subject to hydrolysis) is 1. The lowest BCUT2D eigenvalue weighted by Crippen LogP contribution is -2.21. The van der Waals surface area contributed by atoms with Crippen LogP contribution in [-0.4, -0.2) is 25.8 Å². The first-order chi connectivity index (χ1) is 7.72. The number of cyclic esters (lactones) is 1. The molecule has 1 amide bonds. The Morgan fingerprint density at radius 1 is 1.47 bits per heavy atom. The van der Waals surface area contributed by atoms with Gasteiger partial charge in [-0.25, -0.2) is 9.59 Å². The summed E-state index contributed by atoms with van der Waals surface area (Å²) in [6.45, 7) is 0.229. The topological polar surface area (TPSA) is 64.6 Å². The third-order valence-electron chi connectivity index (χ3n) is 2.41. The molecule has 1 aromatic rings. The van der Waals surface area contributed by atoms with Gasteiger partial charge >= 0.3 is 12.1 Å². The highest BCUT2D eigenvalue weighted by molar-refractivity contribution is 5.91.